The van der Waals surface area contributed by atoms with Gasteiger partial charge in [0.1, 0.15) is 24.0 Å². The highest BCUT2D eigenvalue weighted by atomic mass is 35.5. The van der Waals surface area contributed by atoms with Gasteiger partial charge in [0.2, 0.25) is 0 Å². The summed E-state index contributed by atoms with van der Waals surface area (Å²) in [6, 6.07) is 1.77. The lowest BCUT2D eigenvalue weighted by Crippen LogP contribution is -2.19. The summed E-state index contributed by atoms with van der Waals surface area (Å²) in [6.07, 6.45) is -4.52. The minimum Gasteiger partial charge on any atom is -0.497 e. The molecule has 1 unspecified atom stereocenters. The maximum Gasteiger partial charge on any atom is 0.411 e. The van der Waals surface area contributed by atoms with Crippen LogP contribution >= 0.6 is 11.6 Å². The summed E-state index contributed by atoms with van der Waals surface area (Å²) in [4.78, 5) is 0. The molecule has 1 aromatic carbocycles. The smallest absolute Gasteiger partial charge is 0.411 e. The van der Waals surface area contributed by atoms with Crippen molar-refractivity contribution in [3.05, 3.63) is 29.3 Å². The fourth-order valence-electron chi connectivity index (χ4n) is 1.34. The minimum absolute atomic E-state index is 0.0566. The molecular formula is C11H10ClF5O2. The lowest BCUT2D eigenvalue weighted by molar-refractivity contribution is -0.173. The largest absolute Gasteiger partial charge is 0.497 e. The van der Waals surface area contributed by atoms with E-state index in [1.807, 2.05) is 0 Å². The van der Waals surface area contributed by atoms with Gasteiger partial charge in [-0.15, -0.1) is 11.6 Å². The van der Waals surface area contributed by atoms with Gasteiger partial charge in [0.05, 0.1) is 19.1 Å². The normalized spacial score (nSPS) is 13.4. The van der Waals surface area contributed by atoms with Gasteiger partial charge in [0.25, 0.3) is 0 Å². The van der Waals surface area contributed by atoms with Crippen LogP contribution < -0.4 is 4.74 Å². The number of benzene rings is 1. The first-order chi connectivity index (χ1) is 8.74. The van der Waals surface area contributed by atoms with E-state index in [0.29, 0.717) is 0 Å². The standard InChI is InChI=1S/C11H10ClF5O2/c1-18-6-2-8(13)10(9(14)3-6)7(12)4-19-5-11(15,16)17/h2-3,7H,4-5H2,1H3. The topological polar surface area (TPSA) is 18.5 Å². The molecule has 1 rings (SSSR count). The van der Waals surface area contributed by atoms with Crippen LogP contribution in [0.2, 0.25) is 0 Å². The maximum absolute atomic E-state index is 13.5. The van der Waals surface area contributed by atoms with Crippen molar-refractivity contribution in [2.45, 2.75) is 11.6 Å². The highest BCUT2D eigenvalue weighted by Crippen LogP contribution is 2.30. The van der Waals surface area contributed by atoms with Crippen LogP contribution in [0.3, 0.4) is 0 Å². The predicted molar refractivity (Wildman–Crippen MR) is 58.4 cm³/mol. The molecule has 0 amide bonds. The predicted octanol–water partition coefficient (Wildman–Crippen LogP) is 3.83. The maximum atomic E-state index is 13.5. The molecule has 1 atom stereocenters. The fourth-order valence-corrected chi connectivity index (χ4v) is 1.64. The third-order valence-electron chi connectivity index (χ3n) is 2.13. The van der Waals surface area contributed by atoms with E-state index in [0.717, 1.165) is 12.1 Å². The molecule has 0 aliphatic carbocycles. The van der Waals surface area contributed by atoms with Gasteiger partial charge in [0, 0.05) is 17.7 Å². The monoisotopic (exact) mass is 304 g/mol. The van der Waals surface area contributed by atoms with Crippen molar-refractivity contribution in [3.63, 3.8) is 0 Å². The van der Waals surface area contributed by atoms with E-state index in [1.165, 1.54) is 7.11 Å². The Bertz CT molecular complexity index is 413. The van der Waals surface area contributed by atoms with Crippen molar-refractivity contribution >= 4 is 11.6 Å². The molecule has 1 aromatic rings. The SMILES string of the molecule is COc1cc(F)c(C(Cl)COCC(F)(F)F)c(F)c1. The van der Waals surface area contributed by atoms with E-state index in [2.05, 4.69) is 9.47 Å². The summed E-state index contributed by atoms with van der Waals surface area (Å²) in [5, 5.41) is -1.37. The summed E-state index contributed by atoms with van der Waals surface area (Å²) in [5.74, 6) is -2.07. The molecule has 0 aromatic heterocycles. The summed E-state index contributed by atoms with van der Waals surface area (Å²) in [7, 11) is 1.22. The first kappa shape index (κ1) is 16.0. The van der Waals surface area contributed by atoms with Gasteiger partial charge < -0.3 is 9.47 Å². The number of rotatable bonds is 5. The lowest BCUT2D eigenvalue weighted by atomic mass is 10.1. The van der Waals surface area contributed by atoms with Gasteiger partial charge in [-0.25, -0.2) is 8.78 Å². The first-order valence-electron chi connectivity index (χ1n) is 5.06. The Morgan fingerprint density at radius 2 is 1.74 bits per heavy atom. The summed E-state index contributed by atoms with van der Waals surface area (Å²) in [6.45, 7) is -2.20. The summed E-state index contributed by atoms with van der Waals surface area (Å²) in [5.41, 5.74) is -0.551. The number of hydrogen-bond donors (Lipinski definition) is 0. The molecule has 0 N–H and O–H groups in total. The zero-order valence-electron chi connectivity index (χ0n) is 9.73. The second-order valence-electron chi connectivity index (χ2n) is 3.60. The minimum atomic E-state index is -4.52. The van der Waals surface area contributed by atoms with Crippen molar-refractivity contribution in [1.82, 2.24) is 0 Å². The zero-order chi connectivity index (χ0) is 14.6. The molecule has 19 heavy (non-hydrogen) atoms. The fraction of sp³-hybridized carbons (Fsp3) is 0.455. The van der Waals surface area contributed by atoms with E-state index in [1.54, 1.807) is 0 Å². The molecule has 0 saturated heterocycles. The zero-order valence-corrected chi connectivity index (χ0v) is 10.5. The molecule has 0 aliphatic heterocycles. The molecule has 0 heterocycles. The van der Waals surface area contributed by atoms with Gasteiger partial charge in [-0.1, -0.05) is 0 Å². The number of hydrogen-bond acceptors (Lipinski definition) is 2. The van der Waals surface area contributed by atoms with Crippen molar-refractivity contribution < 1.29 is 31.4 Å². The summed E-state index contributed by atoms with van der Waals surface area (Å²) < 4.78 is 71.4. The Hall–Kier alpha value is -1.08. The molecule has 0 spiro atoms. The second-order valence-corrected chi connectivity index (χ2v) is 4.13. The van der Waals surface area contributed by atoms with E-state index in [-0.39, 0.29) is 5.75 Å². The van der Waals surface area contributed by atoms with Crippen molar-refractivity contribution in [2.24, 2.45) is 0 Å². The van der Waals surface area contributed by atoms with Gasteiger partial charge in [-0.05, 0) is 0 Å². The molecular weight excluding hydrogens is 295 g/mol. The van der Waals surface area contributed by atoms with Crippen molar-refractivity contribution in [2.75, 3.05) is 20.3 Å². The molecule has 0 aliphatic rings. The number of alkyl halides is 4. The summed E-state index contributed by atoms with van der Waals surface area (Å²) >= 11 is 5.63. The number of ether oxygens (including phenoxy) is 2. The van der Waals surface area contributed by atoms with Gasteiger partial charge in [-0.2, -0.15) is 13.2 Å². The second kappa shape index (κ2) is 6.38. The Morgan fingerprint density at radius 3 is 2.16 bits per heavy atom. The first-order valence-corrected chi connectivity index (χ1v) is 5.49. The Morgan fingerprint density at radius 1 is 1.21 bits per heavy atom. The van der Waals surface area contributed by atoms with Crippen molar-refractivity contribution in [3.8, 4) is 5.75 Å². The highest BCUT2D eigenvalue weighted by Gasteiger charge is 2.28. The average Bonchev–Trinajstić information content (AvgIpc) is 2.26. The van der Waals surface area contributed by atoms with Crippen LogP contribution in [0.5, 0.6) is 5.75 Å². The molecule has 108 valence electrons. The molecule has 0 fully saturated rings. The highest BCUT2D eigenvalue weighted by molar-refractivity contribution is 6.21. The molecule has 2 nitrogen and oxygen atoms in total. The third-order valence-corrected chi connectivity index (χ3v) is 2.48. The van der Waals surface area contributed by atoms with Crippen LogP contribution in [0, 0.1) is 11.6 Å². The van der Waals surface area contributed by atoms with Crippen molar-refractivity contribution in [1.29, 1.82) is 0 Å². The van der Waals surface area contributed by atoms with Crippen LogP contribution in [0.4, 0.5) is 22.0 Å². The van der Waals surface area contributed by atoms with Crippen LogP contribution in [-0.4, -0.2) is 26.5 Å². The van der Waals surface area contributed by atoms with E-state index in [9.17, 15) is 22.0 Å². The Balaban J connectivity index is 2.74. The molecule has 8 heteroatoms. The Labute approximate surface area is 111 Å². The average molecular weight is 305 g/mol. The molecule has 0 radical (unpaired) electrons. The van der Waals surface area contributed by atoms with E-state index >= 15 is 0 Å². The number of methoxy groups -OCH3 is 1. The quantitative estimate of drug-likeness (QED) is 0.608. The van der Waals surface area contributed by atoms with Gasteiger partial charge >= 0.3 is 6.18 Å². The molecule has 0 saturated carbocycles. The Kier molecular flexibility index (Phi) is 5.37. The van der Waals surface area contributed by atoms with E-state index in [4.69, 9.17) is 11.6 Å². The van der Waals surface area contributed by atoms with Crippen LogP contribution in [0.25, 0.3) is 0 Å². The van der Waals surface area contributed by atoms with Crippen LogP contribution in [0.1, 0.15) is 10.9 Å². The van der Waals surface area contributed by atoms with E-state index < -0.39 is 42.0 Å². The van der Waals surface area contributed by atoms with Gasteiger partial charge in [-0.3, -0.25) is 0 Å². The van der Waals surface area contributed by atoms with Crippen LogP contribution in [0.15, 0.2) is 12.1 Å². The third kappa shape index (κ3) is 4.83. The van der Waals surface area contributed by atoms with Gasteiger partial charge in [0.15, 0.2) is 0 Å². The number of halogens is 6. The molecule has 0 bridgehead atoms. The van der Waals surface area contributed by atoms with Crippen LogP contribution in [-0.2, 0) is 4.74 Å². The lowest BCUT2D eigenvalue weighted by Gasteiger charge is -2.14.